The molecular weight excluding hydrogens is 216 g/mol. The number of benzene rings is 1. The fourth-order valence-corrected chi connectivity index (χ4v) is 2.20. The van der Waals surface area contributed by atoms with E-state index in [0.29, 0.717) is 0 Å². The van der Waals surface area contributed by atoms with Gasteiger partial charge in [0.15, 0.2) is 0 Å². The van der Waals surface area contributed by atoms with Crippen LogP contribution in [0.25, 0.3) is 0 Å². The molecular formula is C18H20. The lowest BCUT2D eigenvalue weighted by molar-refractivity contribution is 0.705. The molecule has 0 atom stereocenters. The van der Waals surface area contributed by atoms with Crippen LogP contribution in [0.2, 0.25) is 0 Å². The van der Waals surface area contributed by atoms with Gasteiger partial charge in [-0.15, -0.1) is 0 Å². The molecule has 0 saturated carbocycles. The lowest BCUT2D eigenvalue weighted by Crippen LogP contribution is -1.95. The highest BCUT2D eigenvalue weighted by Crippen LogP contribution is 2.25. The van der Waals surface area contributed by atoms with Gasteiger partial charge in [-0.3, -0.25) is 0 Å². The first-order valence-corrected chi connectivity index (χ1v) is 6.71. The highest BCUT2D eigenvalue weighted by molar-refractivity contribution is 5.46. The van der Waals surface area contributed by atoms with Crippen LogP contribution in [0.5, 0.6) is 0 Å². The molecule has 0 heterocycles. The number of allylic oxidation sites excluding steroid dienone is 4. The van der Waals surface area contributed by atoms with E-state index in [1.807, 2.05) is 18.2 Å². The van der Waals surface area contributed by atoms with E-state index < -0.39 is 0 Å². The first-order chi connectivity index (χ1) is 8.77. The maximum absolute atomic E-state index is 3.28. The molecule has 0 saturated heterocycles. The highest BCUT2D eigenvalue weighted by Gasteiger charge is 2.06. The van der Waals surface area contributed by atoms with Gasteiger partial charge in [0, 0.05) is 11.1 Å². The van der Waals surface area contributed by atoms with Crippen molar-refractivity contribution in [1.29, 1.82) is 0 Å². The maximum Gasteiger partial charge on any atom is 0.0248 e. The maximum atomic E-state index is 3.28. The predicted molar refractivity (Wildman–Crippen MR) is 78.2 cm³/mol. The van der Waals surface area contributed by atoms with Crippen LogP contribution in [-0.2, 0) is 0 Å². The molecule has 1 aromatic rings. The Labute approximate surface area is 110 Å². The van der Waals surface area contributed by atoms with Crippen molar-refractivity contribution in [2.75, 3.05) is 0 Å². The second-order valence-electron chi connectivity index (χ2n) is 4.84. The molecule has 0 fully saturated rings. The van der Waals surface area contributed by atoms with E-state index in [9.17, 15) is 0 Å². The quantitative estimate of drug-likeness (QED) is 0.610. The molecule has 0 spiro atoms. The molecule has 0 bridgehead atoms. The zero-order valence-electron chi connectivity index (χ0n) is 11.3. The third-order valence-electron chi connectivity index (χ3n) is 3.50. The van der Waals surface area contributed by atoms with Crippen LogP contribution in [0.4, 0.5) is 0 Å². The van der Waals surface area contributed by atoms with Gasteiger partial charge in [-0.25, -0.2) is 0 Å². The Morgan fingerprint density at radius 2 is 1.83 bits per heavy atom. The van der Waals surface area contributed by atoms with Crippen LogP contribution < -0.4 is 0 Å². The Balaban J connectivity index is 2.18. The standard InChI is InChI=1S/C18H20/c1-15(13-14-17-9-5-3-6-10-17)16(2)18-11-7-4-8-12-18/h3,5-6,9-11H,4,7-8,12H2,1-2H3/b16-15+. The van der Waals surface area contributed by atoms with Gasteiger partial charge in [-0.1, -0.05) is 36.1 Å². The molecule has 0 amide bonds. The summed E-state index contributed by atoms with van der Waals surface area (Å²) in [6, 6.07) is 10.2. The summed E-state index contributed by atoms with van der Waals surface area (Å²) in [4.78, 5) is 0. The second-order valence-corrected chi connectivity index (χ2v) is 4.84. The summed E-state index contributed by atoms with van der Waals surface area (Å²) in [7, 11) is 0. The molecule has 0 heteroatoms. The fourth-order valence-electron chi connectivity index (χ4n) is 2.20. The van der Waals surface area contributed by atoms with Crippen LogP contribution in [-0.4, -0.2) is 0 Å². The number of hydrogen-bond acceptors (Lipinski definition) is 0. The molecule has 1 aliphatic rings. The molecule has 92 valence electrons. The van der Waals surface area contributed by atoms with Gasteiger partial charge >= 0.3 is 0 Å². The molecule has 2 rings (SSSR count). The molecule has 1 aromatic carbocycles. The average molecular weight is 236 g/mol. The zero-order chi connectivity index (χ0) is 12.8. The van der Waals surface area contributed by atoms with E-state index >= 15 is 0 Å². The van der Waals surface area contributed by atoms with Crippen LogP contribution in [0, 0.1) is 11.8 Å². The first kappa shape index (κ1) is 12.7. The summed E-state index contributed by atoms with van der Waals surface area (Å²) >= 11 is 0. The molecule has 0 unspecified atom stereocenters. The number of rotatable bonds is 1. The molecule has 0 aromatic heterocycles. The van der Waals surface area contributed by atoms with Crippen LogP contribution in [0.1, 0.15) is 45.1 Å². The highest BCUT2D eigenvalue weighted by atomic mass is 14.1. The first-order valence-electron chi connectivity index (χ1n) is 6.71. The van der Waals surface area contributed by atoms with Crippen molar-refractivity contribution >= 4 is 0 Å². The summed E-state index contributed by atoms with van der Waals surface area (Å²) in [6.07, 6.45) is 7.49. The normalized spacial score (nSPS) is 16.2. The summed E-state index contributed by atoms with van der Waals surface area (Å²) in [6.45, 7) is 4.33. The van der Waals surface area contributed by atoms with Gasteiger partial charge in [-0.2, -0.15) is 0 Å². The van der Waals surface area contributed by atoms with E-state index in [4.69, 9.17) is 0 Å². The third-order valence-corrected chi connectivity index (χ3v) is 3.50. The van der Waals surface area contributed by atoms with Gasteiger partial charge in [0.05, 0.1) is 0 Å². The van der Waals surface area contributed by atoms with Gasteiger partial charge in [0.1, 0.15) is 0 Å². The Morgan fingerprint density at radius 1 is 1.06 bits per heavy atom. The Bertz CT molecular complexity index is 518. The van der Waals surface area contributed by atoms with Crippen molar-refractivity contribution in [1.82, 2.24) is 0 Å². The van der Waals surface area contributed by atoms with Gasteiger partial charge in [0.25, 0.3) is 0 Å². The minimum absolute atomic E-state index is 1.09. The minimum atomic E-state index is 1.09. The number of hydrogen-bond donors (Lipinski definition) is 0. The molecule has 1 aliphatic carbocycles. The summed E-state index contributed by atoms with van der Waals surface area (Å²) in [5, 5.41) is 0. The fraction of sp³-hybridized carbons (Fsp3) is 0.333. The monoisotopic (exact) mass is 236 g/mol. The van der Waals surface area contributed by atoms with Crippen LogP contribution in [0.15, 0.2) is 53.1 Å². The van der Waals surface area contributed by atoms with Crippen molar-refractivity contribution in [3.63, 3.8) is 0 Å². The Morgan fingerprint density at radius 3 is 2.50 bits per heavy atom. The van der Waals surface area contributed by atoms with E-state index in [-0.39, 0.29) is 0 Å². The van der Waals surface area contributed by atoms with Crippen molar-refractivity contribution in [3.8, 4) is 11.8 Å². The molecule has 0 nitrogen and oxygen atoms in total. The molecule has 0 aliphatic heterocycles. The van der Waals surface area contributed by atoms with Crippen molar-refractivity contribution in [2.24, 2.45) is 0 Å². The molecule has 0 radical (unpaired) electrons. The van der Waals surface area contributed by atoms with Crippen molar-refractivity contribution in [2.45, 2.75) is 39.5 Å². The third kappa shape index (κ3) is 3.37. The molecule has 0 N–H and O–H groups in total. The Hall–Kier alpha value is -1.74. The van der Waals surface area contributed by atoms with Crippen molar-refractivity contribution in [3.05, 3.63) is 58.7 Å². The predicted octanol–water partition coefficient (Wildman–Crippen LogP) is 4.87. The lowest BCUT2D eigenvalue weighted by atomic mass is 9.92. The lowest BCUT2D eigenvalue weighted by Gasteiger charge is -2.13. The summed E-state index contributed by atoms with van der Waals surface area (Å²) in [5.74, 6) is 6.51. The largest absolute Gasteiger partial charge is 0.0810 e. The average Bonchev–Trinajstić information content (AvgIpc) is 2.46. The SMILES string of the molecule is C/C(C#Cc1ccccc1)=C(/C)C1=CCCCC1. The van der Waals surface area contributed by atoms with Gasteiger partial charge in [0.2, 0.25) is 0 Å². The van der Waals surface area contributed by atoms with Crippen LogP contribution >= 0.6 is 0 Å². The molecule has 18 heavy (non-hydrogen) atoms. The zero-order valence-corrected chi connectivity index (χ0v) is 11.3. The van der Waals surface area contributed by atoms with E-state index in [1.165, 1.54) is 42.4 Å². The topological polar surface area (TPSA) is 0 Å². The van der Waals surface area contributed by atoms with E-state index in [0.717, 1.165) is 5.56 Å². The van der Waals surface area contributed by atoms with Crippen LogP contribution in [0.3, 0.4) is 0 Å². The van der Waals surface area contributed by atoms with Gasteiger partial charge < -0.3 is 0 Å². The Kier molecular flexibility index (Phi) is 4.42. The van der Waals surface area contributed by atoms with Gasteiger partial charge in [-0.05, 0) is 62.8 Å². The minimum Gasteiger partial charge on any atom is -0.0810 e. The second kappa shape index (κ2) is 6.26. The smallest absolute Gasteiger partial charge is 0.0248 e. The van der Waals surface area contributed by atoms with E-state index in [1.54, 1.807) is 0 Å². The van der Waals surface area contributed by atoms with E-state index in [2.05, 4.69) is 43.9 Å². The van der Waals surface area contributed by atoms with Crippen molar-refractivity contribution < 1.29 is 0 Å². The summed E-state index contributed by atoms with van der Waals surface area (Å²) in [5.41, 5.74) is 5.16. The summed E-state index contributed by atoms with van der Waals surface area (Å²) < 4.78 is 0.